The fraction of sp³-hybridized carbons (Fsp3) is 0.378. The SMILES string of the molecule is CCN(CCCCN1CCCN(c2cccc(C)c2C)CC1)c1nc(C)nc2c1nc(-c1ccccc1)n2-c1ccccc1.Cl. The summed E-state index contributed by atoms with van der Waals surface area (Å²) in [6, 6.07) is 27.5. The Morgan fingerprint density at radius 2 is 1.51 bits per heavy atom. The minimum atomic E-state index is 0. The average Bonchev–Trinajstić information content (AvgIpc) is 3.27. The Hall–Kier alpha value is -3.94. The third-order valence-corrected chi connectivity index (χ3v) is 8.99. The largest absolute Gasteiger partial charge is 0.370 e. The highest BCUT2D eigenvalue weighted by Gasteiger charge is 2.22. The first-order valence-corrected chi connectivity index (χ1v) is 16.2. The average molecular weight is 624 g/mol. The number of nitrogens with zero attached hydrogens (tertiary/aromatic N) is 7. The molecule has 0 atom stereocenters. The van der Waals surface area contributed by atoms with Crippen LogP contribution in [0.2, 0.25) is 0 Å². The zero-order chi connectivity index (χ0) is 30.5. The Bertz CT molecular complexity index is 1690. The first kappa shape index (κ1) is 32.5. The molecule has 0 bridgehead atoms. The van der Waals surface area contributed by atoms with Crippen molar-refractivity contribution in [2.45, 2.75) is 47.0 Å². The summed E-state index contributed by atoms with van der Waals surface area (Å²) < 4.78 is 2.18. The molecule has 1 fully saturated rings. The number of halogens is 1. The summed E-state index contributed by atoms with van der Waals surface area (Å²) >= 11 is 0. The van der Waals surface area contributed by atoms with E-state index in [4.69, 9.17) is 15.0 Å². The van der Waals surface area contributed by atoms with Gasteiger partial charge in [0.25, 0.3) is 0 Å². The molecular weight excluding hydrogens is 578 g/mol. The van der Waals surface area contributed by atoms with E-state index in [-0.39, 0.29) is 12.4 Å². The van der Waals surface area contributed by atoms with E-state index in [1.807, 2.05) is 19.1 Å². The molecule has 2 aromatic heterocycles. The molecule has 0 spiro atoms. The molecule has 5 aromatic rings. The molecule has 3 aromatic carbocycles. The molecule has 0 amide bonds. The minimum Gasteiger partial charge on any atom is -0.370 e. The van der Waals surface area contributed by atoms with Crippen LogP contribution < -0.4 is 9.80 Å². The number of benzene rings is 3. The van der Waals surface area contributed by atoms with E-state index in [1.54, 1.807) is 0 Å². The van der Waals surface area contributed by atoms with Crippen LogP contribution in [0, 0.1) is 20.8 Å². The molecule has 0 saturated carbocycles. The summed E-state index contributed by atoms with van der Waals surface area (Å²) in [4.78, 5) is 22.7. The second-order valence-corrected chi connectivity index (χ2v) is 11.9. The lowest BCUT2D eigenvalue weighted by Crippen LogP contribution is -2.32. The fourth-order valence-corrected chi connectivity index (χ4v) is 6.44. The van der Waals surface area contributed by atoms with Gasteiger partial charge in [-0.1, -0.05) is 60.7 Å². The van der Waals surface area contributed by atoms with Crippen LogP contribution in [0.4, 0.5) is 11.5 Å². The molecule has 0 N–H and O–H groups in total. The van der Waals surface area contributed by atoms with Gasteiger partial charge in [-0.25, -0.2) is 15.0 Å². The Labute approximate surface area is 274 Å². The highest BCUT2D eigenvalue weighted by Crippen LogP contribution is 2.32. The molecule has 8 heteroatoms. The number of hydrogen-bond donors (Lipinski definition) is 0. The molecule has 6 rings (SSSR count). The van der Waals surface area contributed by atoms with Crippen molar-refractivity contribution < 1.29 is 0 Å². The molecule has 1 aliphatic heterocycles. The molecule has 7 nitrogen and oxygen atoms in total. The van der Waals surface area contributed by atoms with Crippen LogP contribution in [0.3, 0.4) is 0 Å². The summed E-state index contributed by atoms with van der Waals surface area (Å²) in [5.41, 5.74) is 8.03. The third kappa shape index (κ3) is 7.15. The second kappa shape index (κ2) is 14.9. The zero-order valence-electron chi connectivity index (χ0n) is 27.1. The quantitative estimate of drug-likeness (QED) is 0.149. The first-order chi connectivity index (χ1) is 21.5. The first-order valence-electron chi connectivity index (χ1n) is 16.2. The monoisotopic (exact) mass is 623 g/mol. The van der Waals surface area contributed by atoms with Crippen molar-refractivity contribution in [2.75, 3.05) is 55.6 Å². The molecular formula is C37H46ClN7. The molecule has 0 aliphatic carbocycles. The summed E-state index contributed by atoms with van der Waals surface area (Å²) in [5, 5.41) is 0. The van der Waals surface area contributed by atoms with Crippen molar-refractivity contribution in [2.24, 2.45) is 0 Å². The predicted molar refractivity (Wildman–Crippen MR) is 190 cm³/mol. The molecule has 1 aliphatic rings. The van der Waals surface area contributed by atoms with Gasteiger partial charge in [-0.2, -0.15) is 0 Å². The number of para-hydroxylation sites is 1. The van der Waals surface area contributed by atoms with Crippen LogP contribution in [-0.2, 0) is 0 Å². The number of anilines is 2. The highest BCUT2D eigenvalue weighted by atomic mass is 35.5. The molecule has 236 valence electrons. The van der Waals surface area contributed by atoms with E-state index in [0.717, 1.165) is 85.6 Å². The summed E-state index contributed by atoms with van der Waals surface area (Å²) in [6.45, 7) is 16.2. The molecule has 3 heterocycles. The lowest BCUT2D eigenvalue weighted by molar-refractivity contribution is 0.287. The van der Waals surface area contributed by atoms with E-state index in [2.05, 4.69) is 107 Å². The number of unbranched alkanes of at least 4 members (excludes halogenated alkanes) is 1. The number of imidazole rings is 1. The van der Waals surface area contributed by atoms with Gasteiger partial charge in [0.05, 0.1) is 0 Å². The zero-order valence-corrected chi connectivity index (χ0v) is 27.9. The number of rotatable bonds is 10. The molecule has 0 unspecified atom stereocenters. The Kier molecular flexibility index (Phi) is 10.7. The van der Waals surface area contributed by atoms with Crippen molar-refractivity contribution in [1.29, 1.82) is 0 Å². The van der Waals surface area contributed by atoms with Gasteiger partial charge in [-0.3, -0.25) is 4.57 Å². The van der Waals surface area contributed by atoms with Crippen LogP contribution in [0.15, 0.2) is 78.9 Å². The van der Waals surface area contributed by atoms with Crippen molar-refractivity contribution in [3.05, 3.63) is 95.8 Å². The van der Waals surface area contributed by atoms with E-state index in [1.165, 1.54) is 36.2 Å². The summed E-state index contributed by atoms with van der Waals surface area (Å²) in [6.07, 6.45) is 3.49. The second-order valence-electron chi connectivity index (χ2n) is 11.9. The fourth-order valence-electron chi connectivity index (χ4n) is 6.44. The molecule has 1 saturated heterocycles. The normalized spacial score (nSPS) is 13.9. The molecule has 0 radical (unpaired) electrons. The van der Waals surface area contributed by atoms with Crippen molar-refractivity contribution in [3.8, 4) is 17.1 Å². The lowest BCUT2D eigenvalue weighted by Gasteiger charge is -2.26. The maximum absolute atomic E-state index is 5.21. The summed E-state index contributed by atoms with van der Waals surface area (Å²) in [7, 11) is 0. The van der Waals surface area contributed by atoms with Crippen LogP contribution >= 0.6 is 12.4 Å². The number of aromatic nitrogens is 4. The summed E-state index contributed by atoms with van der Waals surface area (Å²) in [5.74, 6) is 2.58. The maximum Gasteiger partial charge on any atom is 0.170 e. The van der Waals surface area contributed by atoms with Gasteiger partial charge in [0.15, 0.2) is 17.0 Å². The van der Waals surface area contributed by atoms with Gasteiger partial charge < -0.3 is 14.7 Å². The Morgan fingerprint density at radius 1 is 0.756 bits per heavy atom. The van der Waals surface area contributed by atoms with E-state index in [9.17, 15) is 0 Å². The van der Waals surface area contributed by atoms with E-state index in [0.29, 0.717) is 0 Å². The van der Waals surface area contributed by atoms with E-state index < -0.39 is 0 Å². The predicted octanol–water partition coefficient (Wildman–Crippen LogP) is 7.65. The van der Waals surface area contributed by atoms with Gasteiger partial charge in [0.1, 0.15) is 11.6 Å². The number of aryl methyl sites for hydroxylation is 2. The van der Waals surface area contributed by atoms with Crippen molar-refractivity contribution in [3.63, 3.8) is 0 Å². The van der Waals surface area contributed by atoms with Gasteiger partial charge in [0, 0.05) is 49.7 Å². The standard InChI is InChI=1S/C37H45N7.ClH/c1-5-42(24-13-12-22-41-23-15-25-43(27-26-41)33-21-14-16-28(2)29(33)3)36-34-37(39-30(4)38-36)44(32-19-10-7-11-20-32)35(40-34)31-17-8-6-9-18-31;/h6-11,14,16-21H,5,12-13,15,22-27H2,1-4H3;1H. The topological polar surface area (TPSA) is 53.3 Å². The number of fused-ring (bicyclic) bond motifs is 1. The van der Waals surface area contributed by atoms with Crippen LogP contribution in [-0.4, -0.2) is 70.2 Å². The Balaban J connectivity index is 0.00000400. The Morgan fingerprint density at radius 3 is 2.27 bits per heavy atom. The van der Waals surface area contributed by atoms with Crippen molar-refractivity contribution >= 4 is 35.1 Å². The maximum atomic E-state index is 5.21. The van der Waals surface area contributed by atoms with Gasteiger partial charge >= 0.3 is 0 Å². The van der Waals surface area contributed by atoms with Gasteiger partial charge in [-0.15, -0.1) is 12.4 Å². The van der Waals surface area contributed by atoms with E-state index >= 15 is 0 Å². The van der Waals surface area contributed by atoms with Crippen LogP contribution in [0.5, 0.6) is 0 Å². The van der Waals surface area contributed by atoms with Crippen LogP contribution in [0.1, 0.15) is 43.1 Å². The van der Waals surface area contributed by atoms with Gasteiger partial charge in [0.2, 0.25) is 0 Å². The van der Waals surface area contributed by atoms with Gasteiger partial charge in [-0.05, 0) is 89.4 Å². The minimum absolute atomic E-state index is 0. The smallest absolute Gasteiger partial charge is 0.170 e. The van der Waals surface area contributed by atoms with Crippen molar-refractivity contribution in [1.82, 2.24) is 24.4 Å². The molecule has 45 heavy (non-hydrogen) atoms. The number of hydrogen-bond acceptors (Lipinski definition) is 6. The third-order valence-electron chi connectivity index (χ3n) is 8.99. The lowest BCUT2D eigenvalue weighted by atomic mass is 10.1. The highest BCUT2D eigenvalue weighted by molar-refractivity contribution is 5.89. The van der Waals surface area contributed by atoms with Crippen LogP contribution in [0.25, 0.3) is 28.2 Å².